The highest BCUT2D eigenvalue weighted by Crippen LogP contribution is 2.36. The van der Waals surface area contributed by atoms with Gasteiger partial charge in [0, 0.05) is 0 Å². The molecule has 1 rings (SSSR count). The lowest BCUT2D eigenvalue weighted by molar-refractivity contribution is 1.02. The molecule has 0 saturated heterocycles. The molecular formula is C5H4N2. The van der Waals surface area contributed by atoms with E-state index in [0.29, 0.717) is 0 Å². The number of hydrogen-bond donors (Lipinski definition) is 0. The molecule has 1 fully saturated rings. The monoisotopic (exact) mass is 92.0 g/mol. The fourth-order valence-corrected chi connectivity index (χ4v) is 0.480. The molecule has 0 aromatic carbocycles. The van der Waals surface area contributed by atoms with Crippen molar-refractivity contribution >= 4 is 0 Å². The molecule has 1 saturated carbocycles. The third kappa shape index (κ3) is 0.548. The van der Waals surface area contributed by atoms with Crippen LogP contribution in [-0.4, -0.2) is 0 Å². The smallest absolute Gasteiger partial charge is 0.0670 e. The van der Waals surface area contributed by atoms with Crippen molar-refractivity contribution in [3.8, 4) is 12.1 Å². The summed E-state index contributed by atoms with van der Waals surface area (Å²) in [6, 6.07) is 4.03. The Morgan fingerprint density at radius 2 is 1.57 bits per heavy atom. The average molecular weight is 92.1 g/mol. The molecule has 2 atom stereocenters. The standard InChI is InChI=1S/C5H4N2/c6-2-4-1-5(4)3-7/h4-5H,1H2/t4-,5-/m1/s1. The Morgan fingerprint density at radius 1 is 1.14 bits per heavy atom. The van der Waals surface area contributed by atoms with E-state index < -0.39 is 0 Å². The molecule has 0 N–H and O–H groups in total. The molecule has 1 aliphatic rings. The maximum atomic E-state index is 8.11. The lowest BCUT2D eigenvalue weighted by Crippen LogP contribution is -1.67. The van der Waals surface area contributed by atoms with Crippen LogP contribution in [-0.2, 0) is 0 Å². The van der Waals surface area contributed by atoms with Crippen molar-refractivity contribution in [3.05, 3.63) is 0 Å². The largest absolute Gasteiger partial charge is 0.198 e. The molecule has 0 bridgehead atoms. The lowest BCUT2D eigenvalue weighted by Gasteiger charge is -1.62. The van der Waals surface area contributed by atoms with Gasteiger partial charge in [-0.1, -0.05) is 0 Å². The zero-order valence-corrected chi connectivity index (χ0v) is 3.76. The molecular weight excluding hydrogens is 88.1 g/mol. The van der Waals surface area contributed by atoms with Gasteiger partial charge in [0.2, 0.25) is 0 Å². The Kier molecular flexibility index (Phi) is 0.734. The molecule has 0 unspecified atom stereocenters. The molecule has 0 heterocycles. The minimum absolute atomic E-state index is 0.0602. The summed E-state index contributed by atoms with van der Waals surface area (Å²) in [5.74, 6) is 0.120. The Balaban J connectivity index is 2.39. The highest BCUT2D eigenvalue weighted by Gasteiger charge is 2.37. The van der Waals surface area contributed by atoms with Gasteiger partial charge in [0.15, 0.2) is 0 Å². The van der Waals surface area contributed by atoms with Crippen LogP contribution in [0.1, 0.15) is 6.42 Å². The van der Waals surface area contributed by atoms with Gasteiger partial charge in [-0.15, -0.1) is 0 Å². The predicted molar refractivity (Wildman–Crippen MR) is 22.8 cm³/mol. The summed E-state index contributed by atoms with van der Waals surface area (Å²) in [4.78, 5) is 0. The second-order valence-corrected chi connectivity index (χ2v) is 1.71. The third-order valence-electron chi connectivity index (χ3n) is 1.12. The fraction of sp³-hybridized carbons (Fsp3) is 0.600. The van der Waals surface area contributed by atoms with E-state index in [2.05, 4.69) is 0 Å². The molecule has 0 amide bonds. The maximum Gasteiger partial charge on any atom is 0.0670 e. The van der Waals surface area contributed by atoms with E-state index in [-0.39, 0.29) is 11.8 Å². The van der Waals surface area contributed by atoms with Crippen molar-refractivity contribution in [2.45, 2.75) is 6.42 Å². The van der Waals surface area contributed by atoms with Gasteiger partial charge in [0.05, 0.1) is 24.0 Å². The fourth-order valence-electron chi connectivity index (χ4n) is 0.480. The van der Waals surface area contributed by atoms with Gasteiger partial charge in [-0.25, -0.2) is 0 Å². The second-order valence-electron chi connectivity index (χ2n) is 1.71. The topological polar surface area (TPSA) is 47.6 Å². The second kappa shape index (κ2) is 1.24. The van der Waals surface area contributed by atoms with E-state index in [1.54, 1.807) is 0 Å². The van der Waals surface area contributed by atoms with Crippen LogP contribution in [0.15, 0.2) is 0 Å². The average Bonchev–Trinajstić information content (AvgIpc) is 2.43. The Morgan fingerprint density at radius 3 is 1.71 bits per heavy atom. The molecule has 7 heavy (non-hydrogen) atoms. The summed E-state index contributed by atoms with van der Waals surface area (Å²) in [5.41, 5.74) is 0. The number of rotatable bonds is 0. The van der Waals surface area contributed by atoms with Gasteiger partial charge in [0.25, 0.3) is 0 Å². The first kappa shape index (κ1) is 4.15. The highest BCUT2D eigenvalue weighted by atomic mass is 14.4. The number of nitrogens with zero attached hydrogens (tertiary/aromatic N) is 2. The van der Waals surface area contributed by atoms with E-state index >= 15 is 0 Å². The van der Waals surface area contributed by atoms with Crippen LogP contribution in [0, 0.1) is 34.5 Å². The van der Waals surface area contributed by atoms with Gasteiger partial charge < -0.3 is 0 Å². The zero-order valence-electron chi connectivity index (χ0n) is 3.76. The predicted octanol–water partition coefficient (Wildman–Crippen LogP) is 0.670. The van der Waals surface area contributed by atoms with Crippen molar-refractivity contribution in [1.29, 1.82) is 10.5 Å². The summed E-state index contributed by atoms with van der Waals surface area (Å²) in [5, 5.41) is 16.2. The quantitative estimate of drug-likeness (QED) is 0.441. The summed E-state index contributed by atoms with van der Waals surface area (Å²) >= 11 is 0. The zero-order chi connectivity index (χ0) is 5.28. The normalized spacial score (nSPS) is 35.7. The number of nitriles is 2. The van der Waals surface area contributed by atoms with E-state index in [4.69, 9.17) is 10.5 Å². The van der Waals surface area contributed by atoms with Crippen LogP contribution in [0.2, 0.25) is 0 Å². The van der Waals surface area contributed by atoms with Gasteiger partial charge in [-0.05, 0) is 6.42 Å². The van der Waals surface area contributed by atoms with Crippen molar-refractivity contribution < 1.29 is 0 Å². The van der Waals surface area contributed by atoms with Crippen molar-refractivity contribution in [1.82, 2.24) is 0 Å². The maximum absolute atomic E-state index is 8.11. The van der Waals surface area contributed by atoms with Crippen LogP contribution in [0.4, 0.5) is 0 Å². The molecule has 2 nitrogen and oxygen atoms in total. The van der Waals surface area contributed by atoms with Crippen molar-refractivity contribution in [3.63, 3.8) is 0 Å². The number of hydrogen-bond acceptors (Lipinski definition) is 2. The molecule has 34 valence electrons. The highest BCUT2D eigenvalue weighted by molar-refractivity contribution is 5.10. The molecule has 0 aromatic rings. The van der Waals surface area contributed by atoms with Crippen molar-refractivity contribution in [2.75, 3.05) is 0 Å². The van der Waals surface area contributed by atoms with Gasteiger partial charge in [0.1, 0.15) is 0 Å². The first-order valence-corrected chi connectivity index (χ1v) is 2.17. The summed E-state index contributed by atoms with van der Waals surface area (Å²) in [6.07, 6.45) is 0.799. The molecule has 1 aliphatic carbocycles. The van der Waals surface area contributed by atoms with Crippen LogP contribution in [0.25, 0.3) is 0 Å². The van der Waals surface area contributed by atoms with Crippen molar-refractivity contribution in [2.24, 2.45) is 11.8 Å². The van der Waals surface area contributed by atoms with Crippen LogP contribution in [0.5, 0.6) is 0 Å². The van der Waals surface area contributed by atoms with E-state index in [1.807, 2.05) is 12.1 Å². The summed E-state index contributed by atoms with van der Waals surface area (Å²) in [6.45, 7) is 0. The third-order valence-corrected chi connectivity index (χ3v) is 1.12. The minimum Gasteiger partial charge on any atom is -0.198 e. The van der Waals surface area contributed by atoms with Gasteiger partial charge in [-0.2, -0.15) is 10.5 Å². The SMILES string of the molecule is N#C[C@H]1C[C@@H]1C#N. The molecule has 0 spiro atoms. The first-order chi connectivity index (χ1) is 3.38. The van der Waals surface area contributed by atoms with E-state index in [9.17, 15) is 0 Å². The van der Waals surface area contributed by atoms with Crippen LogP contribution >= 0.6 is 0 Å². The van der Waals surface area contributed by atoms with Gasteiger partial charge in [-0.3, -0.25) is 0 Å². The Labute approximate surface area is 42.0 Å². The Bertz CT molecular complexity index is 130. The molecule has 0 radical (unpaired) electrons. The molecule has 2 heteroatoms. The summed E-state index contributed by atoms with van der Waals surface area (Å²) in [7, 11) is 0. The first-order valence-electron chi connectivity index (χ1n) is 2.17. The van der Waals surface area contributed by atoms with Crippen LogP contribution < -0.4 is 0 Å². The van der Waals surface area contributed by atoms with E-state index in [1.165, 1.54) is 0 Å². The minimum atomic E-state index is 0.0602. The lowest BCUT2D eigenvalue weighted by atomic mass is 10.4. The Hall–Kier alpha value is -1.02. The summed E-state index contributed by atoms with van der Waals surface area (Å²) < 4.78 is 0. The van der Waals surface area contributed by atoms with E-state index in [0.717, 1.165) is 6.42 Å². The van der Waals surface area contributed by atoms with Gasteiger partial charge >= 0.3 is 0 Å². The molecule has 0 aliphatic heterocycles. The van der Waals surface area contributed by atoms with Crippen LogP contribution in [0.3, 0.4) is 0 Å². The molecule has 0 aromatic heterocycles.